The lowest BCUT2D eigenvalue weighted by Crippen LogP contribution is -2.55. The molecule has 8 nitrogen and oxygen atoms in total. The zero-order chi connectivity index (χ0) is 16.5. The first-order valence-electron chi connectivity index (χ1n) is 8.73. The number of likely N-dealkylation sites (N-methyl/N-ethyl adjacent to an activating group) is 1. The lowest BCUT2D eigenvalue weighted by molar-refractivity contribution is -0.135. The van der Waals surface area contributed by atoms with Gasteiger partial charge in [-0.3, -0.25) is 10.2 Å². The molecule has 1 aromatic heterocycles. The third kappa shape index (κ3) is 2.97. The summed E-state index contributed by atoms with van der Waals surface area (Å²) in [5.41, 5.74) is 6.59. The molecule has 2 N–H and O–H groups in total. The number of hydrazine groups is 1. The molecule has 3 atom stereocenters. The minimum absolute atomic E-state index is 0.162. The fourth-order valence-electron chi connectivity index (χ4n) is 3.91. The standard InChI is InChI=1S/C16H25N7O/c1-21-7-9-22(10-8-21)15(24)14-12-11-23(6-3-13(12)19-20-14)16-17-4-2-5-18-16/h2,4-5,12-14,19-20H,3,6-11H2,1H3. The molecule has 1 aromatic rings. The van der Waals surface area contributed by atoms with Crippen molar-refractivity contribution in [2.75, 3.05) is 51.2 Å². The summed E-state index contributed by atoms with van der Waals surface area (Å²) in [5, 5.41) is 0. The van der Waals surface area contributed by atoms with E-state index in [9.17, 15) is 4.79 Å². The molecule has 4 heterocycles. The highest BCUT2D eigenvalue weighted by Crippen LogP contribution is 2.27. The van der Waals surface area contributed by atoms with Gasteiger partial charge in [-0.2, -0.15) is 0 Å². The van der Waals surface area contributed by atoms with Crippen molar-refractivity contribution < 1.29 is 4.79 Å². The summed E-state index contributed by atoms with van der Waals surface area (Å²) in [7, 11) is 2.10. The molecule has 8 heteroatoms. The van der Waals surface area contributed by atoms with Crippen molar-refractivity contribution in [3.63, 3.8) is 0 Å². The Morgan fingerprint density at radius 1 is 1.12 bits per heavy atom. The molecular weight excluding hydrogens is 306 g/mol. The Labute approximate surface area is 142 Å². The predicted octanol–water partition coefficient (Wildman–Crippen LogP) is -1.08. The first-order chi connectivity index (χ1) is 11.7. The third-order valence-corrected chi connectivity index (χ3v) is 5.43. The zero-order valence-corrected chi connectivity index (χ0v) is 14.1. The average Bonchev–Trinajstić information content (AvgIpc) is 3.05. The van der Waals surface area contributed by atoms with Gasteiger partial charge in [0.25, 0.3) is 0 Å². The Balaban J connectivity index is 1.44. The van der Waals surface area contributed by atoms with Crippen LogP contribution in [0.25, 0.3) is 0 Å². The topological polar surface area (TPSA) is 76.6 Å². The van der Waals surface area contributed by atoms with E-state index in [1.807, 2.05) is 11.0 Å². The maximum Gasteiger partial charge on any atom is 0.241 e. The fraction of sp³-hybridized carbons (Fsp3) is 0.688. The molecule has 0 radical (unpaired) electrons. The van der Waals surface area contributed by atoms with Crippen LogP contribution in [0, 0.1) is 5.92 Å². The smallest absolute Gasteiger partial charge is 0.241 e. The predicted molar refractivity (Wildman–Crippen MR) is 90.3 cm³/mol. The van der Waals surface area contributed by atoms with Crippen LogP contribution in [-0.4, -0.2) is 84.1 Å². The van der Waals surface area contributed by atoms with E-state index in [2.05, 4.69) is 37.7 Å². The normalized spacial score (nSPS) is 31.1. The first-order valence-corrected chi connectivity index (χ1v) is 8.73. The van der Waals surface area contributed by atoms with E-state index in [0.29, 0.717) is 6.04 Å². The average molecular weight is 331 g/mol. The number of fused-ring (bicyclic) bond motifs is 1. The van der Waals surface area contributed by atoms with Gasteiger partial charge in [-0.15, -0.1) is 0 Å². The van der Waals surface area contributed by atoms with Gasteiger partial charge in [-0.05, 0) is 19.5 Å². The number of carbonyl (C=O) groups is 1. The number of piperazine rings is 1. The lowest BCUT2D eigenvalue weighted by atomic mass is 9.87. The molecule has 4 rings (SSSR count). The van der Waals surface area contributed by atoms with E-state index in [4.69, 9.17) is 0 Å². The SMILES string of the molecule is CN1CCN(C(=O)C2NNC3CCN(c4ncccn4)CC32)CC1. The Bertz CT molecular complexity index is 575. The number of carbonyl (C=O) groups excluding carboxylic acids is 1. The van der Waals surface area contributed by atoms with E-state index in [1.165, 1.54) is 0 Å². The van der Waals surface area contributed by atoms with E-state index < -0.39 is 0 Å². The maximum absolute atomic E-state index is 13.0. The van der Waals surface area contributed by atoms with Crippen LogP contribution in [0.15, 0.2) is 18.5 Å². The van der Waals surface area contributed by atoms with Gasteiger partial charge in [0.15, 0.2) is 0 Å². The number of aromatic nitrogens is 2. The second-order valence-electron chi connectivity index (χ2n) is 6.95. The summed E-state index contributed by atoms with van der Waals surface area (Å²) < 4.78 is 0. The molecule has 3 aliphatic rings. The number of piperidine rings is 1. The quantitative estimate of drug-likeness (QED) is 0.714. The maximum atomic E-state index is 13.0. The molecule has 24 heavy (non-hydrogen) atoms. The Morgan fingerprint density at radius 2 is 1.88 bits per heavy atom. The second kappa shape index (κ2) is 6.62. The van der Waals surface area contributed by atoms with Gasteiger partial charge in [0.1, 0.15) is 6.04 Å². The summed E-state index contributed by atoms with van der Waals surface area (Å²) in [5.74, 6) is 1.22. The first kappa shape index (κ1) is 15.7. The fourth-order valence-corrected chi connectivity index (χ4v) is 3.91. The third-order valence-electron chi connectivity index (χ3n) is 5.43. The van der Waals surface area contributed by atoms with Crippen molar-refractivity contribution >= 4 is 11.9 Å². The summed E-state index contributed by atoms with van der Waals surface area (Å²) in [6.07, 6.45) is 4.53. The lowest BCUT2D eigenvalue weighted by Gasteiger charge is -2.38. The van der Waals surface area contributed by atoms with E-state index in [-0.39, 0.29) is 17.9 Å². The Hall–Kier alpha value is -1.77. The molecule has 0 bridgehead atoms. The highest BCUT2D eigenvalue weighted by Gasteiger charge is 2.45. The van der Waals surface area contributed by atoms with E-state index in [1.54, 1.807) is 12.4 Å². The van der Waals surface area contributed by atoms with Crippen molar-refractivity contribution in [2.24, 2.45) is 5.92 Å². The highest BCUT2D eigenvalue weighted by molar-refractivity contribution is 5.83. The molecule has 130 valence electrons. The van der Waals surface area contributed by atoms with Gasteiger partial charge < -0.3 is 14.7 Å². The summed E-state index contributed by atoms with van der Waals surface area (Å²) in [4.78, 5) is 28.1. The monoisotopic (exact) mass is 331 g/mol. The van der Waals surface area contributed by atoms with Crippen LogP contribution in [0.1, 0.15) is 6.42 Å². The number of hydrogen-bond acceptors (Lipinski definition) is 7. The molecule has 0 spiro atoms. The van der Waals surface area contributed by atoms with Crippen molar-refractivity contribution in [3.05, 3.63) is 18.5 Å². The summed E-state index contributed by atoms with van der Waals surface area (Å²) >= 11 is 0. The largest absolute Gasteiger partial charge is 0.340 e. The minimum Gasteiger partial charge on any atom is -0.340 e. The molecule has 3 saturated heterocycles. The van der Waals surface area contributed by atoms with Crippen molar-refractivity contribution in [2.45, 2.75) is 18.5 Å². The van der Waals surface area contributed by atoms with Gasteiger partial charge in [0, 0.05) is 63.6 Å². The molecule has 3 aliphatic heterocycles. The number of hydrogen-bond donors (Lipinski definition) is 2. The van der Waals surface area contributed by atoms with Gasteiger partial charge in [-0.25, -0.2) is 15.4 Å². The van der Waals surface area contributed by atoms with Crippen molar-refractivity contribution in [1.29, 1.82) is 0 Å². The molecule has 3 fully saturated rings. The van der Waals surface area contributed by atoms with E-state index in [0.717, 1.165) is 51.6 Å². The number of rotatable bonds is 2. The number of nitrogens with one attached hydrogen (secondary N) is 2. The van der Waals surface area contributed by atoms with E-state index >= 15 is 0 Å². The molecule has 3 unspecified atom stereocenters. The van der Waals surface area contributed by atoms with Crippen molar-refractivity contribution in [1.82, 2.24) is 30.6 Å². The summed E-state index contributed by atoms with van der Waals surface area (Å²) in [6.45, 7) is 5.24. The van der Waals surface area contributed by atoms with Crippen LogP contribution < -0.4 is 15.8 Å². The second-order valence-corrected chi connectivity index (χ2v) is 6.95. The number of amides is 1. The number of anilines is 1. The van der Waals surface area contributed by atoms with Crippen LogP contribution in [0.5, 0.6) is 0 Å². The van der Waals surface area contributed by atoms with Crippen LogP contribution >= 0.6 is 0 Å². The minimum atomic E-state index is -0.162. The molecule has 1 amide bonds. The molecular formula is C16H25N7O. The van der Waals surface area contributed by atoms with Crippen LogP contribution in [0.4, 0.5) is 5.95 Å². The van der Waals surface area contributed by atoms with Crippen LogP contribution in [-0.2, 0) is 4.79 Å². The van der Waals surface area contributed by atoms with Crippen LogP contribution in [0.2, 0.25) is 0 Å². The van der Waals surface area contributed by atoms with Crippen LogP contribution in [0.3, 0.4) is 0 Å². The molecule has 0 aromatic carbocycles. The number of nitrogens with zero attached hydrogens (tertiary/aromatic N) is 5. The van der Waals surface area contributed by atoms with Gasteiger partial charge in [0.05, 0.1) is 0 Å². The highest BCUT2D eigenvalue weighted by atomic mass is 16.2. The Kier molecular flexibility index (Phi) is 4.34. The Morgan fingerprint density at radius 3 is 2.62 bits per heavy atom. The van der Waals surface area contributed by atoms with Gasteiger partial charge in [0.2, 0.25) is 11.9 Å². The van der Waals surface area contributed by atoms with Gasteiger partial charge in [-0.1, -0.05) is 0 Å². The van der Waals surface area contributed by atoms with Gasteiger partial charge >= 0.3 is 0 Å². The zero-order valence-electron chi connectivity index (χ0n) is 14.1. The molecule has 0 aliphatic carbocycles. The molecule has 0 saturated carbocycles. The van der Waals surface area contributed by atoms with Crippen molar-refractivity contribution in [3.8, 4) is 0 Å². The summed E-state index contributed by atoms with van der Waals surface area (Å²) in [6, 6.07) is 2.01.